The van der Waals surface area contributed by atoms with Gasteiger partial charge in [0.1, 0.15) is 5.82 Å². The third-order valence-electron chi connectivity index (χ3n) is 4.00. The van der Waals surface area contributed by atoms with E-state index in [9.17, 15) is 22.0 Å². The molecule has 1 aromatic heterocycles. The van der Waals surface area contributed by atoms with Gasteiger partial charge in [0.05, 0.1) is 28.3 Å². The van der Waals surface area contributed by atoms with E-state index >= 15 is 0 Å². The number of hydrogen-bond acceptors (Lipinski definition) is 5. The third kappa shape index (κ3) is 4.16. The van der Waals surface area contributed by atoms with Gasteiger partial charge in [0.2, 0.25) is 0 Å². The molecule has 1 aliphatic heterocycles. The summed E-state index contributed by atoms with van der Waals surface area (Å²) in [5.41, 5.74) is 0.459. The largest absolute Gasteiger partial charge is 0.306 e. The van der Waals surface area contributed by atoms with E-state index in [2.05, 4.69) is 10.4 Å². The second-order valence-corrected chi connectivity index (χ2v) is 10.3. The summed E-state index contributed by atoms with van der Waals surface area (Å²) in [5.74, 6) is -3.33. The standard InChI is InChI=1S/C17H19F2N3O3S2/c1-17(2,3)22-14(11-8-27(24,25)9-12(11)21-22)20-15(23)10-6-4-5-7-13(10)26-16(18)19/h4-7,16H,8-9H2,1-3H3,(H,20,23). The Balaban J connectivity index is 2.00. The molecule has 1 aliphatic rings. The molecule has 0 spiro atoms. The molecule has 146 valence electrons. The van der Waals surface area contributed by atoms with Crippen LogP contribution in [0.25, 0.3) is 0 Å². The fraction of sp³-hybridized carbons (Fsp3) is 0.412. The van der Waals surface area contributed by atoms with E-state index in [1.165, 1.54) is 12.1 Å². The van der Waals surface area contributed by atoms with Crippen molar-refractivity contribution in [3.05, 3.63) is 41.1 Å². The van der Waals surface area contributed by atoms with E-state index in [1.54, 1.807) is 16.8 Å². The van der Waals surface area contributed by atoms with Gasteiger partial charge in [-0.2, -0.15) is 13.9 Å². The maximum absolute atomic E-state index is 12.8. The maximum Gasteiger partial charge on any atom is 0.288 e. The molecular weight excluding hydrogens is 396 g/mol. The second kappa shape index (κ2) is 6.90. The van der Waals surface area contributed by atoms with Crippen molar-refractivity contribution in [2.75, 3.05) is 5.32 Å². The van der Waals surface area contributed by atoms with Crippen LogP contribution in [0.2, 0.25) is 0 Å². The van der Waals surface area contributed by atoms with Crippen LogP contribution in [0.3, 0.4) is 0 Å². The van der Waals surface area contributed by atoms with Crippen LogP contribution < -0.4 is 5.32 Å². The third-order valence-corrected chi connectivity index (χ3v) is 6.23. The number of anilines is 1. The Bertz CT molecular complexity index is 995. The molecule has 0 fully saturated rings. The van der Waals surface area contributed by atoms with Crippen molar-refractivity contribution < 1.29 is 22.0 Å². The summed E-state index contributed by atoms with van der Waals surface area (Å²) < 4.78 is 51.0. The Morgan fingerprint density at radius 1 is 1.26 bits per heavy atom. The Morgan fingerprint density at radius 3 is 2.56 bits per heavy atom. The molecule has 2 aromatic rings. The number of halogens is 2. The van der Waals surface area contributed by atoms with Crippen molar-refractivity contribution in [1.29, 1.82) is 0 Å². The lowest BCUT2D eigenvalue weighted by Gasteiger charge is -2.23. The number of nitrogens with one attached hydrogen (secondary N) is 1. The van der Waals surface area contributed by atoms with Crippen LogP contribution in [0.1, 0.15) is 42.4 Å². The van der Waals surface area contributed by atoms with Gasteiger partial charge in [-0.25, -0.2) is 13.1 Å². The highest BCUT2D eigenvalue weighted by molar-refractivity contribution is 7.99. The second-order valence-electron chi connectivity index (χ2n) is 7.22. The van der Waals surface area contributed by atoms with E-state index in [-0.39, 0.29) is 33.7 Å². The van der Waals surface area contributed by atoms with Gasteiger partial charge in [-0.15, -0.1) is 0 Å². The van der Waals surface area contributed by atoms with Crippen molar-refractivity contribution in [3.8, 4) is 0 Å². The Morgan fingerprint density at radius 2 is 1.93 bits per heavy atom. The molecule has 6 nitrogen and oxygen atoms in total. The van der Waals surface area contributed by atoms with Crippen LogP contribution >= 0.6 is 11.8 Å². The summed E-state index contributed by atoms with van der Waals surface area (Å²) in [6.45, 7) is 5.62. The van der Waals surface area contributed by atoms with Crippen molar-refractivity contribution in [3.63, 3.8) is 0 Å². The zero-order valence-corrected chi connectivity index (χ0v) is 16.6. The van der Waals surface area contributed by atoms with Crippen LogP contribution in [-0.2, 0) is 26.9 Å². The van der Waals surface area contributed by atoms with Crippen LogP contribution in [0, 0.1) is 0 Å². The number of sulfone groups is 1. The summed E-state index contributed by atoms with van der Waals surface area (Å²) in [6, 6.07) is 6.06. The molecule has 2 heterocycles. The molecule has 3 rings (SSSR count). The molecule has 10 heteroatoms. The molecule has 1 amide bonds. The maximum atomic E-state index is 12.8. The van der Waals surface area contributed by atoms with Gasteiger partial charge in [-0.3, -0.25) is 4.79 Å². The van der Waals surface area contributed by atoms with Gasteiger partial charge in [-0.1, -0.05) is 23.9 Å². The molecule has 1 aromatic carbocycles. The van der Waals surface area contributed by atoms with Crippen molar-refractivity contribution >= 4 is 33.3 Å². The number of nitrogens with zero attached hydrogens (tertiary/aromatic N) is 2. The summed E-state index contributed by atoms with van der Waals surface area (Å²) in [6.07, 6.45) is 0. The lowest BCUT2D eigenvalue weighted by Crippen LogP contribution is -2.28. The van der Waals surface area contributed by atoms with Crippen molar-refractivity contribution in [1.82, 2.24) is 9.78 Å². The quantitative estimate of drug-likeness (QED) is 0.771. The molecule has 27 heavy (non-hydrogen) atoms. The number of thioether (sulfide) groups is 1. The normalized spacial score (nSPS) is 15.8. The summed E-state index contributed by atoms with van der Waals surface area (Å²) in [4.78, 5) is 12.9. The molecule has 0 atom stereocenters. The molecule has 0 saturated carbocycles. The monoisotopic (exact) mass is 415 g/mol. The first-order valence-corrected chi connectivity index (χ1v) is 10.8. The predicted octanol–water partition coefficient (Wildman–Crippen LogP) is 3.63. The van der Waals surface area contributed by atoms with Crippen LogP contribution in [-0.4, -0.2) is 29.9 Å². The Hall–Kier alpha value is -1.94. The lowest BCUT2D eigenvalue weighted by atomic mass is 10.1. The smallest absolute Gasteiger partial charge is 0.288 e. The minimum Gasteiger partial charge on any atom is -0.306 e. The van der Waals surface area contributed by atoms with E-state index in [0.29, 0.717) is 17.1 Å². The molecular formula is C17H19F2N3O3S2. The summed E-state index contributed by atoms with van der Waals surface area (Å²) >= 11 is 0.288. The van der Waals surface area contributed by atoms with E-state index in [4.69, 9.17) is 0 Å². The number of hydrogen-bond donors (Lipinski definition) is 1. The molecule has 0 unspecified atom stereocenters. The highest BCUT2D eigenvalue weighted by Gasteiger charge is 2.35. The molecule has 1 N–H and O–H groups in total. The Labute approximate surface area is 160 Å². The van der Waals surface area contributed by atoms with Gasteiger partial charge in [0.15, 0.2) is 9.84 Å². The highest BCUT2D eigenvalue weighted by atomic mass is 32.2. The molecule has 0 bridgehead atoms. The Kier molecular flexibility index (Phi) is 5.06. The molecule has 0 saturated heterocycles. The van der Waals surface area contributed by atoms with Crippen LogP contribution in [0.5, 0.6) is 0 Å². The number of carbonyl (C=O) groups excluding carboxylic acids is 1. The lowest BCUT2D eigenvalue weighted by molar-refractivity contribution is 0.102. The SMILES string of the molecule is CC(C)(C)n1nc2c(c1NC(=O)c1ccccc1SC(F)F)CS(=O)(=O)C2. The van der Waals surface area contributed by atoms with Gasteiger partial charge < -0.3 is 5.32 Å². The van der Waals surface area contributed by atoms with E-state index in [0.717, 1.165) is 0 Å². The number of aromatic nitrogens is 2. The fourth-order valence-corrected chi connectivity index (χ4v) is 5.01. The highest BCUT2D eigenvalue weighted by Crippen LogP contribution is 2.35. The average Bonchev–Trinajstić information content (AvgIpc) is 3.00. The van der Waals surface area contributed by atoms with E-state index < -0.39 is 27.0 Å². The minimum atomic E-state index is -3.30. The molecule has 0 radical (unpaired) electrons. The minimum absolute atomic E-state index is 0.0964. The summed E-state index contributed by atoms with van der Waals surface area (Å²) in [7, 11) is -3.30. The first-order valence-electron chi connectivity index (χ1n) is 8.15. The first kappa shape index (κ1) is 19.8. The average molecular weight is 415 g/mol. The number of alkyl halides is 2. The van der Waals surface area contributed by atoms with Gasteiger partial charge in [-0.05, 0) is 32.9 Å². The zero-order chi connectivity index (χ0) is 20.0. The summed E-state index contributed by atoms with van der Waals surface area (Å²) in [5, 5.41) is 7.08. The number of benzene rings is 1. The van der Waals surface area contributed by atoms with Crippen molar-refractivity contribution in [2.24, 2.45) is 0 Å². The number of carbonyl (C=O) groups is 1. The van der Waals surface area contributed by atoms with E-state index in [1.807, 2.05) is 20.8 Å². The van der Waals surface area contributed by atoms with Gasteiger partial charge in [0, 0.05) is 10.5 Å². The zero-order valence-electron chi connectivity index (χ0n) is 15.0. The predicted molar refractivity (Wildman–Crippen MR) is 99.8 cm³/mol. The fourth-order valence-electron chi connectivity index (χ4n) is 2.88. The van der Waals surface area contributed by atoms with Crippen LogP contribution in [0.4, 0.5) is 14.6 Å². The number of rotatable bonds is 4. The van der Waals surface area contributed by atoms with Crippen LogP contribution in [0.15, 0.2) is 29.2 Å². The van der Waals surface area contributed by atoms with Crippen molar-refractivity contribution in [2.45, 2.75) is 48.5 Å². The number of amides is 1. The number of fused-ring (bicyclic) bond motifs is 1. The van der Waals surface area contributed by atoms with Gasteiger partial charge >= 0.3 is 0 Å². The first-order chi connectivity index (χ1) is 12.5. The topological polar surface area (TPSA) is 81.1 Å². The molecule has 0 aliphatic carbocycles. The van der Waals surface area contributed by atoms with Gasteiger partial charge in [0.25, 0.3) is 11.7 Å².